The molecular formula is C20H22N4O4. The number of nitrogens with zero attached hydrogens (tertiary/aromatic N) is 1. The summed E-state index contributed by atoms with van der Waals surface area (Å²) >= 11 is 0. The van der Waals surface area contributed by atoms with Crippen LogP contribution in [0.3, 0.4) is 0 Å². The Hall–Kier alpha value is -3.39. The molecule has 0 amide bonds. The number of ketones is 1. The first-order chi connectivity index (χ1) is 13.5. The summed E-state index contributed by atoms with van der Waals surface area (Å²) in [4.78, 5) is 39.0. The third-order valence-corrected chi connectivity index (χ3v) is 4.39. The molecule has 0 saturated carbocycles. The van der Waals surface area contributed by atoms with Gasteiger partial charge in [0, 0.05) is 6.54 Å². The number of benzene rings is 1. The summed E-state index contributed by atoms with van der Waals surface area (Å²) in [5.41, 5.74) is 5.25. The van der Waals surface area contributed by atoms with Crippen LogP contribution in [-0.2, 0) is 6.54 Å². The molecule has 4 N–H and O–H groups in total. The molecule has 0 spiro atoms. The third-order valence-electron chi connectivity index (χ3n) is 4.39. The lowest BCUT2D eigenvalue weighted by Gasteiger charge is -2.17. The zero-order valence-corrected chi connectivity index (χ0v) is 15.5. The highest BCUT2D eigenvalue weighted by atomic mass is 16.3. The Morgan fingerprint density at radius 2 is 1.96 bits per heavy atom. The van der Waals surface area contributed by atoms with Crippen molar-refractivity contribution in [1.29, 1.82) is 0 Å². The van der Waals surface area contributed by atoms with Crippen molar-refractivity contribution in [1.82, 2.24) is 14.9 Å². The molecule has 2 heterocycles. The van der Waals surface area contributed by atoms with Crippen molar-refractivity contribution in [2.75, 3.05) is 12.3 Å². The maximum atomic E-state index is 12.8. The standard InChI is InChI=1S/C20H22N4O4/c1-2-10-24-18(21)16(19(26)23-20(24)27)14(25)12-22-17(15-9-6-11-28-15)13-7-4-3-5-8-13/h3-9,11,17,22H,2,10,12,21H2,1H3,(H,23,26,27)/t17-/m0/s1. The number of anilines is 1. The van der Waals surface area contributed by atoms with Gasteiger partial charge in [-0.05, 0) is 24.1 Å². The van der Waals surface area contributed by atoms with Crippen LogP contribution in [0.25, 0.3) is 0 Å². The first kappa shape index (κ1) is 19.4. The monoisotopic (exact) mass is 382 g/mol. The normalized spacial score (nSPS) is 12.0. The van der Waals surface area contributed by atoms with Crippen LogP contribution in [-0.4, -0.2) is 21.9 Å². The van der Waals surface area contributed by atoms with Crippen molar-refractivity contribution in [3.63, 3.8) is 0 Å². The topological polar surface area (TPSA) is 123 Å². The second-order valence-corrected chi connectivity index (χ2v) is 6.33. The van der Waals surface area contributed by atoms with Crippen LogP contribution in [0.2, 0.25) is 0 Å². The summed E-state index contributed by atoms with van der Waals surface area (Å²) in [5, 5.41) is 3.12. The summed E-state index contributed by atoms with van der Waals surface area (Å²) in [6.07, 6.45) is 2.19. The maximum absolute atomic E-state index is 12.8. The number of nitrogens with two attached hydrogens (primary N) is 1. The summed E-state index contributed by atoms with van der Waals surface area (Å²) in [6, 6.07) is 12.7. The van der Waals surface area contributed by atoms with Gasteiger partial charge >= 0.3 is 5.69 Å². The Balaban J connectivity index is 1.87. The fourth-order valence-corrected chi connectivity index (χ4v) is 3.07. The highest BCUT2D eigenvalue weighted by Gasteiger charge is 2.22. The van der Waals surface area contributed by atoms with E-state index in [1.54, 1.807) is 18.4 Å². The van der Waals surface area contributed by atoms with Gasteiger partial charge < -0.3 is 10.2 Å². The Morgan fingerprint density at radius 3 is 2.61 bits per heavy atom. The minimum Gasteiger partial charge on any atom is -0.467 e. The summed E-state index contributed by atoms with van der Waals surface area (Å²) in [7, 11) is 0. The van der Waals surface area contributed by atoms with Gasteiger partial charge in [-0.2, -0.15) is 0 Å². The molecule has 0 saturated heterocycles. The Morgan fingerprint density at radius 1 is 1.21 bits per heavy atom. The largest absolute Gasteiger partial charge is 0.467 e. The molecule has 3 rings (SSSR count). The van der Waals surface area contributed by atoms with Gasteiger partial charge in [0.2, 0.25) is 0 Å². The number of aromatic amines is 1. The van der Waals surface area contributed by atoms with Crippen molar-refractivity contribution in [2.24, 2.45) is 0 Å². The van der Waals surface area contributed by atoms with E-state index in [1.807, 2.05) is 37.3 Å². The number of furan rings is 1. The molecule has 0 aliphatic heterocycles. The number of hydrogen-bond acceptors (Lipinski definition) is 6. The number of rotatable bonds is 8. The van der Waals surface area contributed by atoms with E-state index in [4.69, 9.17) is 10.2 Å². The molecule has 2 aromatic heterocycles. The maximum Gasteiger partial charge on any atom is 0.329 e. The van der Waals surface area contributed by atoms with E-state index in [0.29, 0.717) is 18.7 Å². The fourth-order valence-electron chi connectivity index (χ4n) is 3.07. The van der Waals surface area contributed by atoms with Crippen molar-refractivity contribution < 1.29 is 9.21 Å². The molecule has 3 aromatic rings. The number of carbonyl (C=O) groups excluding carboxylic acids is 1. The average molecular weight is 382 g/mol. The van der Waals surface area contributed by atoms with Gasteiger partial charge in [-0.15, -0.1) is 0 Å². The van der Waals surface area contributed by atoms with Crippen LogP contribution in [0.5, 0.6) is 0 Å². The summed E-state index contributed by atoms with van der Waals surface area (Å²) < 4.78 is 6.69. The highest BCUT2D eigenvalue weighted by Crippen LogP contribution is 2.22. The minimum absolute atomic E-state index is 0.114. The predicted octanol–water partition coefficient (Wildman–Crippen LogP) is 1.68. The lowest BCUT2D eigenvalue weighted by molar-refractivity contribution is 0.0986. The van der Waals surface area contributed by atoms with E-state index in [0.717, 1.165) is 5.56 Å². The van der Waals surface area contributed by atoms with Crippen LogP contribution >= 0.6 is 0 Å². The molecule has 0 unspecified atom stereocenters. The first-order valence-corrected chi connectivity index (χ1v) is 9.00. The fraction of sp³-hybridized carbons (Fsp3) is 0.250. The van der Waals surface area contributed by atoms with Crippen molar-refractivity contribution in [3.05, 3.63) is 86.5 Å². The van der Waals surface area contributed by atoms with Gasteiger partial charge in [0.05, 0.1) is 18.8 Å². The molecule has 0 aliphatic carbocycles. The number of nitrogens with one attached hydrogen (secondary N) is 2. The van der Waals surface area contributed by atoms with Crippen LogP contribution in [0.1, 0.15) is 41.1 Å². The van der Waals surface area contributed by atoms with E-state index in [-0.39, 0.29) is 24.0 Å². The number of carbonyl (C=O) groups is 1. The lowest BCUT2D eigenvalue weighted by atomic mass is 10.0. The van der Waals surface area contributed by atoms with Crippen LogP contribution in [0.4, 0.5) is 5.82 Å². The van der Waals surface area contributed by atoms with E-state index in [1.165, 1.54) is 4.57 Å². The van der Waals surface area contributed by atoms with Gasteiger partial charge in [0.1, 0.15) is 17.1 Å². The number of aromatic nitrogens is 2. The third kappa shape index (κ3) is 3.96. The van der Waals surface area contributed by atoms with Gasteiger partial charge in [-0.25, -0.2) is 4.79 Å². The SMILES string of the molecule is CCCn1c(N)c(C(=O)CN[C@@H](c2ccccc2)c2ccco2)c(=O)[nH]c1=O. The molecule has 0 fully saturated rings. The van der Waals surface area contributed by atoms with E-state index < -0.39 is 17.0 Å². The Labute approximate surface area is 161 Å². The van der Waals surface area contributed by atoms with Gasteiger partial charge in [-0.1, -0.05) is 37.3 Å². The van der Waals surface area contributed by atoms with E-state index >= 15 is 0 Å². The van der Waals surface area contributed by atoms with Crippen LogP contribution < -0.4 is 22.3 Å². The van der Waals surface area contributed by atoms with E-state index in [2.05, 4.69) is 10.3 Å². The smallest absolute Gasteiger partial charge is 0.329 e. The van der Waals surface area contributed by atoms with Crippen LogP contribution in [0, 0.1) is 0 Å². The molecule has 1 atom stereocenters. The quantitative estimate of drug-likeness (QED) is 0.510. The minimum atomic E-state index is -0.782. The van der Waals surface area contributed by atoms with Crippen molar-refractivity contribution >= 4 is 11.6 Å². The highest BCUT2D eigenvalue weighted by molar-refractivity contribution is 6.01. The molecule has 1 aromatic carbocycles. The first-order valence-electron chi connectivity index (χ1n) is 9.00. The molecular weight excluding hydrogens is 360 g/mol. The molecule has 8 heteroatoms. The zero-order valence-electron chi connectivity index (χ0n) is 15.5. The Kier molecular flexibility index (Phi) is 5.90. The van der Waals surface area contributed by atoms with Gasteiger partial charge in [0.25, 0.3) is 5.56 Å². The number of H-pyrrole nitrogens is 1. The van der Waals surface area contributed by atoms with Crippen molar-refractivity contribution in [3.8, 4) is 0 Å². The summed E-state index contributed by atoms with van der Waals surface area (Å²) in [5.74, 6) is 0.0181. The number of nitrogen functional groups attached to an aromatic ring is 1. The molecule has 0 bridgehead atoms. The zero-order chi connectivity index (χ0) is 20.1. The number of hydrogen-bond donors (Lipinski definition) is 3. The van der Waals surface area contributed by atoms with E-state index in [9.17, 15) is 14.4 Å². The average Bonchev–Trinajstić information content (AvgIpc) is 3.20. The molecule has 146 valence electrons. The molecule has 28 heavy (non-hydrogen) atoms. The summed E-state index contributed by atoms with van der Waals surface area (Å²) in [6.45, 7) is 2.03. The Bertz CT molecular complexity index is 1050. The second-order valence-electron chi connectivity index (χ2n) is 6.33. The lowest BCUT2D eigenvalue weighted by Crippen LogP contribution is -2.38. The molecule has 8 nitrogen and oxygen atoms in total. The van der Waals surface area contributed by atoms with Crippen LogP contribution in [0.15, 0.2) is 62.7 Å². The van der Waals surface area contributed by atoms with Crippen molar-refractivity contribution in [2.45, 2.75) is 25.9 Å². The predicted molar refractivity (Wildman–Crippen MR) is 105 cm³/mol. The van der Waals surface area contributed by atoms with Gasteiger partial charge in [0.15, 0.2) is 5.78 Å². The molecule has 0 radical (unpaired) electrons. The van der Waals surface area contributed by atoms with Gasteiger partial charge in [-0.3, -0.25) is 24.5 Å². The molecule has 0 aliphatic rings. The number of Topliss-reactive ketones (excluding diaryl/α,β-unsaturated/α-hetero) is 1. The second kappa shape index (κ2) is 8.53.